The van der Waals surface area contributed by atoms with Crippen molar-refractivity contribution in [3.05, 3.63) is 48.0 Å². The molecule has 1 N–H and O–H groups in total. The Labute approximate surface area is 217 Å². The first-order valence-electron chi connectivity index (χ1n) is 12.7. The van der Waals surface area contributed by atoms with E-state index >= 15 is 0 Å². The molecule has 36 heavy (non-hydrogen) atoms. The van der Waals surface area contributed by atoms with Crippen LogP contribution in [0.4, 0.5) is 0 Å². The van der Waals surface area contributed by atoms with Gasteiger partial charge in [-0.25, -0.2) is 4.79 Å². The van der Waals surface area contributed by atoms with E-state index in [4.69, 9.17) is 13.9 Å². The molecule has 200 valence electrons. The second-order valence-electron chi connectivity index (χ2n) is 11.9. The number of benzene rings is 1. The lowest BCUT2D eigenvalue weighted by atomic mass is 9.98. The molecule has 1 aromatic rings. The third-order valence-corrected chi connectivity index (χ3v) is 11.0. The number of hydrogen-bond donors (Lipinski definition) is 1. The summed E-state index contributed by atoms with van der Waals surface area (Å²) < 4.78 is 17.8. The zero-order valence-electron chi connectivity index (χ0n) is 23.1. The van der Waals surface area contributed by atoms with Crippen molar-refractivity contribution in [1.29, 1.82) is 0 Å². The molecular weight excluding hydrogens is 474 g/mol. The molecule has 0 spiro atoms. The summed E-state index contributed by atoms with van der Waals surface area (Å²) in [5, 5.41) is 2.81. The fraction of sp³-hybridized carbons (Fsp3) is 0.607. The topological polar surface area (TPSA) is 90.9 Å². The van der Waals surface area contributed by atoms with Crippen molar-refractivity contribution in [1.82, 2.24) is 5.32 Å². The predicted octanol–water partition coefficient (Wildman–Crippen LogP) is 5.48. The molecule has 0 saturated carbocycles. The number of amides is 1. The highest BCUT2D eigenvalue weighted by Gasteiger charge is 2.41. The van der Waals surface area contributed by atoms with E-state index in [0.717, 1.165) is 5.56 Å². The second-order valence-corrected chi connectivity index (χ2v) is 16.6. The van der Waals surface area contributed by atoms with Gasteiger partial charge in [-0.05, 0) is 50.9 Å². The van der Waals surface area contributed by atoms with Crippen molar-refractivity contribution in [2.24, 2.45) is 5.92 Å². The van der Waals surface area contributed by atoms with Crippen LogP contribution in [0.15, 0.2) is 42.5 Å². The standard InChI is InChI=1S/C28H43NO6Si/c1-27(2,3)34-24(30)18-21-16-12-13-17-22(35-36(7,8)28(4,5)6)26(32)33-23(19-29-25(21)31)20-14-10-9-11-15-20/h9-15,21-23H,16-19H2,1-8H3,(H,29,31)/t21-,22-,23-/m0/s1. The highest BCUT2D eigenvalue weighted by Crippen LogP contribution is 2.38. The third-order valence-electron chi connectivity index (χ3n) is 6.54. The van der Waals surface area contributed by atoms with Gasteiger partial charge in [0.15, 0.2) is 8.32 Å². The van der Waals surface area contributed by atoms with Crippen molar-refractivity contribution >= 4 is 26.2 Å². The van der Waals surface area contributed by atoms with E-state index in [1.807, 2.05) is 42.5 Å². The molecule has 3 atom stereocenters. The molecule has 0 aromatic heterocycles. The van der Waals surface area contributed by atoms with Crippen LogP contribution >= 0.6 is 0 Å². The van der Waals surface area contributed by atoms with Gasteiger partial charge in [0.25, 0.3) is 0 Å². The molecule has 1 aliphatic heterocycles. The first kappa shape index (κ1) is 29.8. The molecule has 0 aliphatic carbocycles. The Balaban J connectivity index is 2.33. The highest BCUT2D eigenvalue weighted by atomic mass is 28.4. The summed E-state index contributed by atoms with van der Waals surface area (Å²) in [6.45, 7) is 16.1. The van der Waals surface area contributed by atoms with Crippen LogP contribution in [0, 0.1) is 5.92 Å². The quantitative estimate of drug-likeness (QED) is 0.316. The minimum atomic E-state index is -2.26. The average Bonchev–Trinajstić information content (AvgIpc) is 2.75. The number of nitrogens with one attached hydrogen (secondary N) is 1. The number of carbonyl (C=O) groups is 3. The summed E-state index contributed by atoms with van der Waals surface area (Å²) in [6.07, 6.45) is 2.88. The van der Waals surface area contributed by atoms with Gasteiger partial charge in [-0.2, -0.15) is 0 Å². The first-order chi connectivity index (χ1) is 16.6. The third kappa shape index (κ3) is 9.21. The molecule has 8 heteroatoms. The number of carbonyl (C=O) groups excluding carboxylic acids is 3. The van der Waals surface area contributed by atoms with E-state index in [9.17, 15) is 14.4 Å². The normalized spacial score (nSPS) is 22.6. The molecule has 0 fully saturated rings. The van der Waals surface area contributed by atoms with E-state index in [1.165, 1.54) is 0 Å². The summed E-state index contributed by atoms with van der Waals surface area (Å²) in [5.74, 6) is -1.74. The molecule has 1 heterocycles. The lowest BCUT2D eigenvalue weighted by molar-refractivity contribution is -0.159. The molecule has 0 unspecified atom stereocenters. The maximum atomic E-state index is 13.3. The highest BCUT2D eigenvalue weighted by molar-refractivity contribution is 6.74. The van der Waals surface area contributed by atoms with E-state index in [0.29, 0.717) is 12.8 Å². The van der Waals surface area contributed by atoms with Gasteiger partial charge in [-0.1, -0.05) is 63.3 Å². The summed E-state index contributed by atoms with van der Waals surface area (Å²) >= 11 is 0. The molecule has 0 radical (unpaired) electrons. The number of cyclic esters (lactones) is 1. The molecule has 0 bridgehead atoms. The van der Waals surface area contributed by atoms with Crippen LogP contribution in [0.3, 0.4) is 0 Å². The zero-order chi connectivity index (χ0) is 27.1. The Morgan fingerprint density at radius 2 is 1.64 bits per heavy atom. The van der Waals surface area contributed by atoms with E-state index < -0.39 is 44.0 Å². The Kier molecular flexibility index (Phi) is 10.1. The van der Waals surface area contributed by atoms with Gasteiger partial charge in [0.1, 0.15) is 17.8 Å². The summed E-state index contributed by atoms with van der Waals surface area (Å²) in [6, 6.07) is 9.32. The molecule has 1 aromatic carbocycles. The minimum absolute atomic E-state index is 0.0346. The van der Waals surface area contributed by atoms with Crippen molar-refractivity contribution in [2.75, 3.05) is 6.54 Å². The molecule has 0 saturated heterocycles. The summed E-state index contributed by atoms with van der Waals surface area (Å²) in [5.41, 5.74) is 0.143. The smallest absolute Gasteiger partial charge is 0.335 e. The molecule has 2 rings (SSSR count). The van der Waals surface area contributed by atoms with E-state index in [1.54, 1.807) is 20.8 Å². The largest absolute Gasteiger partial charge is 0.460 e. The Bertz CT molecular complexity index is 930. The van der Waals surface area contributed by atoms with Crippen molar-refractivity contribution < 1.29 is 28.3 Å². The molecular formula is C28H43NO6Si. The zero-order valence-corrected chi connectivity index (χ0v) is 24.1. The van der Waals surface area contributed by atoms with Gasteiger partial charge >= 0.3 is 11.9 Å². The van der Waals surface area contributed by atoms with Crippen LogP contribution in [0.2, 0.25) is 18.1 Å². The number of hydrogen-bond acceptors (Lipinski definition) is 6. The Morgan fingerprint density at radius 1 is 1.03 bits per heavy atom. The lowest BCUT2D eigenvalue weighted by Gasteiger charge is -2.38. The van der Waals surface area contributed by atoms with Gasteiger partial charge < -0.3 is 19.2 Å². The van der Waals surface area contributed by atoms with Gasteiger partial charge in [-0.3, -0.25) is 9.59 Å². The van der Waals surface area contributed by atoms with Crippen molar-refractivity contribution in [3.63, 3.8) is 0 Å². The van der Waals surface area contributed by atoms with Crippen LogP contribution in [-0.2, 0) is 28.3 Å². The Morgan fingerprint density at radius 3 is 2.22 bits per heavy atom. The number of ether oxygens (including phenoxy) is 2. The fourth-order valence-electron chi connectivity index (χ4n) is 3.52. The number of esters is 2. The van der Waals surface area contributed by atoms with Crippen LogP contribution in [0.5, 0.6) is 0 Å². The van der Waals surface area contributed by atoms with Crippen LogP contribution in [0.1, 0.15) is 72.5 Å². The second kappa shape index (κ2) is 12.2. The fourth-order valence-corrected chi connectivity index (χ4v) is 4.78. The van der Waals surface area contributed by atoms with Gasteiger partial charge in [0.05, 0.1) is 18.9 Å². The molecule has 7 nitrogen and oxygen atoms in total. The predicted molar refractivity (Wildman–Crippen MR) is 143 cm³/mol. The number of allylic oxidation sites excluding steroid dienone is 1. The van der Waals surface area contributed by atoms with E-state index in [2.05, 4.69) is 39.2 Å². The number of rotatable bonds is 5. The Hall–Kier alpha value is -2.45. The maximum Gasteiger partial charge on any atom is 0.335 e. The van der Waals surface area contributed by atoms with E-state index in [-0.39, 0.29) is 23.9 Å². The minimum Gasteiger partial charge on any atom is -0.460 e. The van der Waals surface area contributed by atoms with Gasteiger partial charge in [0, 0.05) is 6.42 Å². The van der Waals surface area contributed by atoms with Crippen molar-refractivity contribution in [2.45, 2.75) is 96.7 Å². The monoisotopic (exact) mass is 517 g/mol. The van der Waals surface area contributed by atoms with Gasteiger partial charge in [0.2, 0.25) is 5.91 Å². The van der Waals surface area contributed by atoms with Crippen LogP contribution in [-0.4, -0.2) is 44.4 Å². The van der Waals surface area contributed by atoms with Gasteiger partial charge in [-0.15, -0.1) is 0 Å². The first-order valence-corrected chi connectivity index (χ1v) is 15.6. The maximum absolute atomic E-state index is 13.3. The lowest BCUT2D eigenvalue weighted by Crippen LogP contribution is -2.47. The molecule has 1 aliphatic rings. The van der Waals surface area contributed by atoms with Crippen LogP contribution in [0.25, 0.3) is 0 Å². The van der Waals surface area contributed by atoms with Crippen molar-refractivity contribution in [3.8, 4) is 0 Å². The molecule has 1 amide bonds. The SMILES string of the molecule is CC(C)(C)OC(=O)C[C@@H]1CC=CC[C@H](O[Si](C)(C)C(C)(C)C)C(=O)O[C@H](c2ccccc2)CNC1=O. The summed E-state index contributed by atoms with van der Waals surface area (Å²) in [4.78, 5) is 38.8. The average molecular weight is 518 g/mol. The summed E-state index contributed by atoms with van der Waals surface area (Å²) in [7, 11) is -2.26. The van der Waals surface area contributed by atoms with Crippen LogP contribution < -0.4 is 5.32 Å².